The zero-order valence-electron chi connectivity index (χ0n) is 10.7. The third kappa shape index (κ3) is 6.44. The van der Waals surface area contributed by atoms with Gasteiger partial charge in [0.05, 0.1) is 0 Å². The molecule has 0 amide bonds. The Hall–Kier alpha value is 0.279. The first-order chi connectivity index (χ1) is 7.24. The van der Waals surface area contributed by atoms with Gasteiger partial charge in [-0.25, -0.2) is 0 Å². The molecule has 0 aliphatic heterocycles. The Morgan fingerprint density at radius 3 is 1.53 bits per heavy atom. The van der Waals surface area contributed by atoms with Crippen molar-refractivity contribution in [2.24, 2.45) is 0 Å². The van der Waals surface area contributed by atoms with Gasteiger partial charge in [-0.3, -0.25) is 0 Å². The minimum absolute atomic E-state index is 1.35. The Morgan fingerprint density at radius 1 is 0.867 bits per heavy atom. The quantitative estimate of drug-likeness (QED) is 0.374. The Morgan fingerprint density at radius 2 is 1.27 bits per heavy atom. The molecule has 88 valence electrons. The normalized spacial score (nSPS) is 11.3. The van der Waals surface area contributed by atoms with Crippen molar-refractivity contribution >= 4 is 18.4 Å². The molecule has 0 bridgehead atoms. The van der Waals surface area contributed by atoms with Gasteiger partial charge in [-0.15, -0.1) is 0 Å². The molecular weight excluding hydrogens is 287 g/mol. The minimum atomic E-state index is -1.86. The first-order valence-electron chi connectivity index (χ1n) is 6.46. The summed E-state index contributed by atoms with van der Waals surface area (Å²) in [6, 6.07) is 0. The van der Waals surface area contributed by atoms with Crippen molar-refractivity contribution < 1.29 is 0 Å². The molecule has 0 rings (SSSR count). The summed E-state index contributed by atoms with van der Waals surface area (Å²) in [7, 11) is 0. The molecule has 0 aromatic heterocycles. The topological polar surface area (TPSA) is 0 Å². The van der Waals surface area contributed by atoms with Crippen LogP contribution in [0, 0.1) is 0 Å². The number of unbranched alkanes of at least 4 members (excludes halogenated alkanes) is 2. The summed E-state index contributed by atoms with van der Waals surface area (Å²) < 4.78 is 5.81. The molecule has 0 heterocycles. The van der Waals surface area contributed by atoms with Crippen LogP contribution < -0.4 is 0 Å². The van der Waals surface area contributed by atoms with Gasteiger partial charge in [-0.1, -0.05) is 0 Å². The Labute approximate surface area is 101 Å². The van der Waals surface area contributed by atoms with E-state index in [0.717, 1.165) is 0 Å². The summed E-state index contributed by atoms with van der Waals surface area (Å²) in [5.74, 6) is 0. The van der Waals surface area contributed by atoms with Gasteiger partial charge < -0.3 is 0 Å². The van der Waals surface area contributed by atoms with Gasteiger partial charge in [-0.05, 0) is 0 Å². The fourth-order valence-electron chi connectivity index (χ4n) is 2.33. The number of rotatable bonds is 10. The molecule has 0 aromatic carbocycles. The molecule has 0 radical (unpaired) electrons. The number of hydrogen-bond acceptors (Lipinski definition) is 0. The molecule has 0 aliphatic rings. The van der Waals surface area contributed by atoms with Crippen LogP contribution >= 0.6 is 0 Å². The fourth-order valence-corrected chi connectivity index (χ4v) is 15.6. The number of allylic oxidation sites excluding steroid dienone is 2. The van der Waals surface area contributed by atoms with Crippen LogP contribution in [-0.2, 0) is 0 Å². The van der Waals surface area contributed by atoms with Crippen LogP contribution in [0.1, 0.15) is 39.5 Å². The van der Waals surface area contributed by atoms with Crippen LogP contribution in [-0.4, -0.2) is 18.4 Å². The molecule has 0 saturated heterocycles. The molecule has 0 fully saturated rings. The molecule has 0 spiro atoms. The van der Waals surface area contributed by atoms with Gasteiger partial charge in [-0.2, -0.15) is 0 Å². The Balaban J connectivity index is 4.38. The van der Waals surface area contributed by atoms with Crippen LogP contribution in [0.25, 0.3) is 0 Å². The van der Waals surface area contributed by atoms with E-state index in [0.29, 0.717) is 0 Å². The van der Waals surface area contributed by atoms with E-state index in [-0.39, 0.29) is 0 Å². The van der Waals surface area contributed by atoms with Crippen molar-refractivity contribution in [1.29, 1.82) is 0 Å². The van der Waals surface area contributed by atoms with E-state index in [4.69, 9.17) is 0 Å². The van der Waals surface area contributed by atoms with E-state index in [1.165, 1.54) is 34.6 Å². The molecular formula is C14H28Sn. The van der Waals surface area contributed by atoms with E-state index >= 15 is 0 Å². The van der Waals surface area contributed by atoms with E-state index in [9.17, 15) is 0 Å². The van der Waals surface area contributed by atoms with Gasteiger partial charge >= 0.3 is 101 Å². The molecule has 15 heavy (non-hydrogen) atoms. The van der Waals surface area contributed by atoms with Crippen molar-refractivity contribution in [3.63, 3.8) is 0 Å². The molecule has 0 saturated carbocycles. The zero-order chi connectivity index (χ0) is 11.6. The summed E-state index contributed by atoms with van der Waals surface area (Å²) in [6.45, 7) is 12.5. The van der Waals surface area contributed by atoms with Crippen molar-refractivity contribution in [3.05, 3.63) is 25.3 Å². The second-order valence-corrected chi connectivity index (χ2v) is 18.4. The van der Waals surface area contributed by atoms with Crippen LogP contribution in [0.2, 0.25) is 17.7 Å². The second-order valence-electron chi connectivity index (χ2n) is 4.69. The SMILES string of the molecule is C=C[CH2][Sn]([CH2]C=C)([CH2]CCC)[CH2]CCC. The molecule has 0 aromatic rings. The summed E-state index contributed by atoms with van der Waals surface area (Å²) in [4.78, 5) is 0. The molecule has 0 aliphatic carbocycles. The van der Waals surface area contributed by atoms with Crippen LogP contribution in [0.3, 0.4) is 0 Å². The second kappa shape index (κ2) is 9.50. The molecule has 0 N–H and O–H groups in total. The first kappa shape index (κ1) is 15.3. The van der Waals surface area contributed by atoms with Crippen LogP contribution in [0.15, 0.2) is 25.3 Å². The van der Waals surface area contributed by atoms with Crippen molar-refractivity contribution in [3.8, 4) is 0 Å². The Kier molecular flexibility index (Phi) is 9.68. The summed E-state index contributed by atoms with van der Waals surface area (Å²) in [5.41, 5.74) is 0. The number of hydrogen-bond donors (Lipinski definition) is 0. The maximum atomic E-state index is 3.96. The van der Waals surface area contributed by atoms with E-state index in [1.807, 2.05) is 0 Å². The van der Waals surface area contributed by atoms with Gasteiger partial charge in [0.25, 0.3) is 0 Å². The third-order valence-corrected chi connectivity index (χ3v) is 17.9. The maximum absolute atomic E-state index is 3.96. The molecule has 1 heteroatoms. The average Bonchev–Trinajstić information content (AvgIpc) is 2.24. The fraction of sp³-hybridized carbons (Fsp3) is 0.714. The Bertz CT molecular complexity index is 152. The summed E-state index contributed by atoms with van der Waals surface area (Å²) in [6.07, 6.45) is 9.93. The van der Waals surface area contributed by atoms with Crippen LogP contribution in [0.4, 0.5) is 0 Å². The predicted octanol–water partition coefficient (Wildman–Crippen LogP) is 5.41. The van der Waals surface area contributed by atoms with Crippen molar-refractivity contribution in [2.75, 3.05) is 0 Å². The average molecular weight is 315 g/mol. The van der Waals surface area contributed by atoms with Crippen molar-refractivity contribution in [2.45, 2.75) is 57.3 Å². The zero-order valence-corrected chi connectivity index (χ0v) is 13.6. The van der Waals surface area contributed by atoms with Gasteiger partial charge in [0.1, 0.15) is 0 Å². The van der Waals surface area contributed by atoms with E-state index in [1.54, 1.807) is 8.87 Å². The van der Waals surface area contributed by atoms with Gasteiger partial charge in [0.2, 0.25) is 0 Å². The first-order valence-corrected chi connectivity index (χ1v) is 14.5. The monoisotopic (exact) mass is 316 g/mol. The summed E-state index contributed by atoms with van der Waals surface area (Å²) >= 11 is -1.86. The molecule has 0 unspecified atom stereocenters. The van der Waals surface area contributed by atoms with Crippen LogP contribution in [0.5, 0.6) is 0 Å². The van der Waals surface area contributed by atoms with Gasteiger partial charge in [0, 0.05) is 0 Å². The summed E-state index contributed by atoms with van der Waals surface area (Å²) in [5, 5.41) is 0. The third-order valence-electron chi connectivity index (χ3n) is 3.28. The van der Waals surface area contributed by atoms with E-state index < -0.39 is 18.4 Å². The van der Waals surface area contributed by atoms with Crippen molar-refractivity contribution in [1.82, 2.24) is 0 Å². The van der Waals surface area contributed by atoms with Gasteiger partial charge in [0.15, 0.2) is 0 Å². The molecule has 0 nitrogen and oxygen atoms in total. The standard InChI is InChI=1S/2C4H9.2C3H5.Sn/c2*1-3-4-2;2*1-3-2;/h2*1,3-4H2,2H3;2*3H,1-2H2;. The predicted molar refractivity (Wildman–Crippen MR) is 75.2 cm³/mol. The van der Waals surface area contributed by atoms with E-state index in [2.05, 4.69) is 39.2 Å². The molecule has 0 atom stereocenters.